The molecule has 9 nitrogen and oxygen atoms in total. The molecule has 10 heteroatoms. The molecular formula is C46H95O9P. The minimum atomic E-state index is -4.48. The first-order valence-corrected chi connectivity index (χ1v) is 24.7. The average molecular weight is 823 g/mol. The van der Waals surface area contributed by atoms with E-state index in [0.29, 0.717) is 31.3 Å². The monoisotopic (exact) mass is 823 g/mol. The Morgan fingerprint density at radius 3 is 1.36 bits per heavy atom. The lowest BCUT2D eigenvalue weighted by atomic mass is 9.89. The summed E-state index contributed by atoms with van der Waals surface area (Å²) in [5.74, 6) is 5.15. The number of phosphoric ester groups is 1. The Hall–Kier alpha value is -0.0900. The summed E-state index contributed by atoms with van der Waals surface area (Å²) in [7, 11) is -4.48. The fraction of sp³-hybridized carbons (Fsp3) is 1.00. The highest BCUT2D eigenvalue weighted by Crippen LogP contribution is 2.43. The topological polar surface area (TPSA) is 135 Å². The van der Waals surface area contributed by atoms with Crippen molar-refractivity contribution in [1.82, 2.24) is 0 Å². The molecule has 0 aromatic heterocycles. The zero-order valence-corrected chi connectivity index (χ0v) is 39.3. The Balaban J connectivity index is 4.62. The second-order valence-electron chi connectivity index (χ2n) is 19.4. The summed E-state index contributed by atoms with van der Waals surface area (Å²) in [6.45, 7) is 22.5. The first kappa shape index (κ1) is 55.9. The number of hydrogen-bond acceptors (Lipinski definition) is 8. The number of rotatable bonds is 40. The number of phosphoric acid groups is 1. The molecule has 9 atom stereocenters. The van der Waals surface area contributed by atoms with Crippen LogP contribution in [0, 0.1) is 41.4 Å². The van der Waals surface area contributed by atoms with E-state index in [-0.39, 0.29) is 19.8 Å². The van der Waals surface area contributed by atoms with Crippen molar-refractivity contribution in [2.45, 2.75) is 215 Å². The predicted molar refractivity (Wildman–Crippen MR) is 234 cm³/mol. The van der Waals surface area contributed by atoms with Gasteiger partial charge >= 0.3 is 7.82 Å². The van der Waals surface area contributed by atoms with Crippen molar-refractivity contribution in [3.8, 4) is 0 Å². The van der Waals surface area contributed by atoms with Crippen LogP contribution in [0.5, 0.6) is 0 Å². The van der Waals surface area contributed by atoms with Gasteiger partial charge in [0.1, 0.15) is 12.2 Å². The highest BCUT2D eigenvalue weighted by atomic mass is 31.2. The van der Waals surface area contributed by atoms with Crippen molar-refractivity contribution in [3.63, 3.8) is 0 Å². The number of aliphatic hydroxyl groups excluding tert-OH is 2. The molecule has 0 saturated carbocycles. The van der Waals surface area contributed by atoms with Crippen LogP contribution in [-0.4, -0.2) is 77.7 Å². The Kier molecular flexibility index (Phi) is 33.6. The van der Waals surface area contributed by atoms with Crippen molar-refractivity contribution in [3.05, 3.63) is 0 Å². The third kappa shape index (κ3) is 35.8. The highest BCUT2D eigenvalue weighted by Gasteiger charge is 2.26. The Morgan fingerprint density at radius 2 is 0.929 bits per heavy atom. The van der Waals surface area contributed by atoms with Gasteiger partial charge in [-0.2, -0.15) is 0 Å². The van der Waals surface area contributed by atoms with Crippen molar-refractivity contribution in [1.29, 1.82) is 0 Å². The summed E-state index contributed by atoms with van der Waals surface area (Å²) in [6, 6.07) is 0. The van der Waals surface area contributed by atoms with Crippen molar-refractivity contribution < 1.29 is 43.3 Å². The molecule has 1 unspecified atom stereocenters. The first-order chi connectivity index (χ1) is 26.3. The summed E-state index contributed by atoms with van der Waals surface area (Å²) in [6.07, 6.45) is 21.6. The maximum absolute atomic E-state index is 12.4. The van der Waals surface area contributed by atoms with Gasteiger partial charge in [-0.25, -0.2) is 4.57 Å². The van der Waals surface area contributed by atoms with Crippen LogP contribution in [0.2, 0.25) is 0 Å². The van der Waals surface area contributed by atoms with Gasteiger partial charge in [0, 0.05) is 13.2 Å². The van der Waals surface area contributed by atoms with Gasteiger partial charge in [-0.05, 0) is 67.6 Å². The quantitative estimate of drug-likeness (QED) is 0.0352. The normalized spacial score (nSPS) is 18.4. The van der Waals surface area contributed by atoms with Gasteiger partial charge in [0.05, 0.1) is 32.0 Å². The molecule has 0 fully saturated rings. The van der Waals surface area contributed by atoms with Crippen LogP contribution in [0.4, 0.5) is 0 Å². The summed E-state index contributed by atoms with van der Waals surface area (Å²) >= 11 is 0. The van der Waals surface area contributed by atoms with Crippen LogP contribution in [0.15, 0.2) is 0 Å². The average Bonchev–Trinajstić information content (AvgIpc) is 3.10. The second-order valence-corrected chi connectivity index (χ2v) is 20.8. The third-order valence-electron chi connectivity index (χ3n) is 11.7. The van der Waals surface area contributed by atoms with E-state index in [9.17, 15) is 19.7 Å². The van der Waals surface area contributed by atoms with Gasteiger partial charge in [-0.3, -0.25) is 9.05 Å². The second kappa shape index (κ2) is 33.6. The molecule has 0 bridgehead atoms. The SMILES string of the molecule is CC(C)CCC[C@@H](C)CCC[C@@H](C)CCC[C@@H](C)CCOC[C@@H](COP(=O)(O)OC[C@H](O)CO)OCC[C@](C)(O)CCC[C@H](C)CCC[C@H](C)CCCC(C)C. The van der Waals surface area contributed by atoms with Crippen molar-refractivity contribution in [2.24, 2.45) is 41.4 Å². The van der Waals surface area contributed by atoms with Crippen LogP contribution >= 0.6 is 7.82 Å². The maximum Gasteiger partial charge on any atom is 0.472 e. The molecule has 0 aromatic rings. The molecule has 0 radical (unpaired) electrons. The van der Waals surface area contributed by atoms with Gasteiger partial charge in [-0.15, -0.1) is 0 Å². The van der Waals surface area contributed by atoms with E-state index in [1.54, 1.807) is 0 Å². The highest BCUT2D eigenvalue weighted by molar-refractivity contribution is 7.47. The van der Waals surface area contributed by atoms with E-state index >= 15 is 0 Å². The molecule has 4 N–H and O–H groups in total. The summed E-state index contributed by atoms with van der Waals surface area (Å²) in [5, 5.41) is 29.6. The van der Waals surface area contributed by atoms with Crippen LogP contribution in [-0.2, 0) is 23.1 Å². The molecule has 0 spiro atoms. The van der Waals surface area contributed by atoms with E-state index in [4.69, 9.17) is 23.6 Å². The molecule has 0 amide bonds. The lowest BCUT2D eigenvalue weighted by molar-refractivity contribution is -0.0654. The van der Waals surface area contributed by atoms with Crippen LogP contribution in [0.3, 0.4) is 0 Å². The molecular weight excluding hydrogens is 727 g/mol. The molecule has 0 aliphatic carbocycles. The smallest absolute Gasteiger partial charge is 0.394 e. The zero-order chi connectivity index (χ0) is 42.4. The minimum Gasteiger partial charge on any atom is -0.394 e. The predicted octanol–water partition coefficient (Wildman–Crippen LogP) is 11.9. The fourth-order valence-electron chi connectivity index (χ4n) is 7.41. The lowest BCUT2D eigenvalue weighted by Gasteiger charge is -2.26. The maximum atomic E-state index is 12.4. The van der Waals surface area contributed by atoms with Crippen LogP contribution in [0.1, 0.15) is 198 Å². The van der Waals surface area contributed by atoms with E-state index in [1.165, 1.54) is 96.3 Å². The fourth-order valence-corrected chi connectivity index (χ4v) is 8.20. The number of ether oxygens (including phenoxy) is 2. The Bertz CT molecular complexity index is 932. The summed E-state index contributed by atoms with van der Waals surface area (Å²) < 4.78 is 34.4. The molecule has 338 valence electrons. The van der Waals surface area contributed by atoms with E-state index < -0.39 is 38.8 Å². The van der Waals surface area contributed by atoms with E-state index in [1.807, 2.05) is 6.92 Å². The summed E-state index contributed by atoms with van der Waals surface area (Å²) in [5.41, 5.74) is -0.884. The van der Waals surface area contributed by atoms with Crippen LogP contribution < -0.4 is 0 Å². The molecule has 0 aliphatic heterocycles. The molecule has 0 heterocycles. The van der Waals surface area contributed by atoms with Gasteiger partial charge in [0.15, 0.2) is 0 Å². The molecule has 0 rings (SSSR count). The molecule has 0 aliphatic rings. The molecule has 56 heavy (non-hydrogen) atoms. The van der Waals surface area contributed by atoms with Gasteiger partial charge in [-0.1, -0.05) is 171 Å². The van der Waals surface area contributed by atoms with Gasteiger partial charge < -0.3 is 29.7 Å². The minimum absolute atomic E-state index is 0.176. The molecule has 0 saturated heterocycles. The summed E-state index contributed by atoms with van der Waals surface area (Å²) in [4.78, 5) is 10.1. The van der Waals surface area contributed by atoms with Gasteiger partial charge in [0.25, 0.3) is 0 Å². The third-order valence-corrected chi connectivity index (χ3v) is 12.6. The largest absolute Gasteiger partial charge is 0.472 e. The van der Waals surface area contributed by atoms with Crippen LogP contribution in [0.25, 0.3) is 0 Å². The van der Waals surface area contributed by atoms with Crippen molar-refractivity contribution >= 4 is 7.82 Å². The molecule has 0 aromatic carbocycles. The Labute approximate surface area is 346 Å². The number of aliphatic hydroxyl groups is 3. The standard InChI is InChI=1S/C46H95O9P/c1-37(2)17-11-19-39(5)21-13-23-41(7)24-15-26-43(9)28-31-52-35-45(36-55-56(50,51)54-34-44(48)33-47)53-32-30-46(10,49)29-16-27-42(8)25-14-22-40(6)20-12-18-38(3)4/h37-45,47-49H,11-36H2,1-10H3,(H,50,51)/t39-,40-,41-,42-,43-,44-,45+,46-/m1/s1. The van der Waals surface area contributed by atoms with E-state index in [2.05, 4.69) is 62.3 Å². The van der Waals surface area contributed by atoms with Gasteiger partial charge in [0.2, 0.25) is 0 Å². The van der Waals surface area contributed by atoms with Crippen molar-refractivity contribution in [2.75, 3.05) is 39.6 Å². The van der Waals surface area contributed by atoms with E-state index in [0.717, 1.165) is 48.9 Å². The Morgan fingerprint density at radius 1 is 0.536 bits per heavy atom. The lowest BCUT2D eigenvalue weighted by Crippen LogP contribution is -2.31. The zero-order valence-electron chi connectivity index (χ0n) is 38.4. The first-order valence-electron chi connectivity index (χ1n) is 23.2. The number of hydrogen-bond donors (Lipinski definition) is 4.